The van der Waals surface area contributed by atoms with Crippen LogP contribution in [0.15, 0.2) is 29.1 Å². The van der Waals surface area contributed by atoms with E-state index in [2.05, 4.69) is 18.7 Å². The predicted octanol–water partition coefficient (Wildman–Crippen LogP) is 3.27. The molecule has 1 aliphatic heterocycles. The monoisotopic (exact) mass is 293 g/mol. The van der Waals surface area contributed by atoms with Gasteiger partial charge >= 0.3 is 5.97 Å². The number of hydrogen-bond acceptors (Lipinski definition) is 5. The van der Waals surface area contributed by atoms with Gasteiger partial charge in [0.1, 0.15) is 23.5 Å². The van der Waals surface area contributed by atoms with Crippen LogP contribution in [0.1, 0.15) is 46.0 Å². The van der Waals surface area contributed by atoms with E-state index in [9.17, 15) is 9.90 Å². The quantitative estimate of drug-likeness (QED) is 0.278. The lowest BCUT2D eigenvalue weighted by molar-refractivity contribution is -0.157. The van der Waals surface area contributed by atoms with Gasteiger partial charge < -0.3 is 14.7 Å². The molecule has 2 aliphatic rings. The van der Waals surface area contributed by atoms with E-state index in [1.54, 1.807) is 6.08 Å². The minimum Gasteiger partial charge on any atom is -0.511 e. The van der Waals surface area contributed by atoms with Crippen LogP contribution in [0.25, 0.3) is 0 Å². The molecule has 0 aromatic carbocycles. The summed E-state index contributed by atoms with van der Waals surface area (Å²) in [5, 5.41) is 14.2. The normalized spacial score (nSPS) is 29.7. The first kappa shape index (κ1) is 15.6. The van der Waals surface area contributed by atoms with Crippen LogP contribution in [0.4, 0.5) is 0 Å². The summed E-state index contributed by atoms with van der Waals surface area (Å²) in [4.78, 5) is 17.3. The molecule has 0 saturated heterocycles. The zero-order valence-corrected chi connectivity index (χ0v) is 12.7. The smallest absolute Gasteiger partial charge is 0.344 e. The molecule has 0 amide bonds. The first-order valence-corrected chi connectivity index (χ1v) is 7.47. The van der Waals surface area contributed by atoms with Gasteiger partial charge in [-0.15, -0.1) is 0 Å². The van der Waals surface area contributed by atoms with Gasteiger partial charge in [0.15, 0.2) is 0 Å². The van der Waals surface area contributed by atoms with Crippen molar-refractivity contribution in [2.45, 2.75) is 51.6 Å². The highest BCUT2D eigenvalue weighted by molar-refractivity contribution is 6.20. The van der Waals surface area contributed by atoms with Crippen LogP contribution in [0.2, 0.25) is 0 Å². The number of aliphatic hydroxyl groups excluding tert-OH is 1. The van der Waals surface area contributed by atoms with Crippen molar-refractivity contribution < 1.29 is 19.5 Å². The SMILES string of the molecule is C=CCO/N=C(/CC)C1=C(O)CC2(CCC(C)C2)OC1=O. The van der Waals surface area contributed by atoms with E-state index in [0.717, 1.165) is 19.3 Å². The van der Waals surface area contributed by atoms with Gasteiger partial charge in [-0.2, -0.15) is 0 Å². The van der Waals surface area contributed by atoms with Gasteiger partial charge in [-0.3, -0.25) is 0 Å². The summed E-state index contributed by atoms with van der Waals surface area (Å²) < 4.78 is 5.66. The second-order valence-corrected chi connectivity index (χ2v) is 5.89. The number of carbonyl (C=O) groups is 1. The average molecular weight is 293 g/mol. The number of hydrogen-bond donors (Lipinski definition) is 1. The van der Waals surface area contributed by atoms with Crippen molar-refractivity contribution in [3.05, 3.63) is 24.0 Å². The van der Waals surface area contributed by atoms with Gasteiger partial charge in [0.05, 0.1) is 5.71 Å². The summed E-state index contributed by atoms with van der Waals surface area (Å²) >= 11 is 0. The number of rotatable bonds is 5. The molecular weight excluding hydrogens is 270 g/mol. The van der Waals surface area contributed by atoms with E-state index in [1.165, 1.54) is 0 Å². The van der Waals surface area contributed by atoms with Gasteiger partial charge in [-0.1, -0.05) is 31.7 Å². The highest BCUT2D eigenvalue weighted by Crippen LogP contribution is 2.44. The molecule has 5 heteroatoms. The Bertz CT molecular complexity index is 495. The third kappa shape index (κ3) is 3.28. The number of oxime groups is 1. The Morgan fingerprint density at radius 1 is 1.67 bits per heavy atom. The summed E-state index contributed by atoms with van der Waals surface area (Å²) in [7, 11) is 0. The Hall–Kier alpha value is -1.78. The fourth-order valence-corrected chi connectivity index (χ4v) is 3.14. The van der Waals surface area contributed by atoms with Crippen LogP contribution in [0.5, 0.6) is 0 Å². The summed E-state index contributed by atoms with van der Waals surface area (Å²) in [5.41, 5.74) is 0.0530. The summed E-state index contributed by atoms with van der Waals surface area (Å²) in [6.45, 7) is 7.78. The molecule has 2 rings (SSSR count). The van der Waals surface area contributed by atoms with Crippen LogP contribution in [-0.4, -0.2) is 29.0 Å². The van der Waals surface area contributed by atoms with Gasteiger partial charge in [-0.05, 0) is 31.6 Å². The minimum absolute atomic E-state index is 0.0724. The van der Waals surface area contributed by atoms with Gasteiger partial charge in [0.2, 0.25) is 0 Å². The molecular formula is C16H23NO4. The highest BCUT2D eigenvalue weighted by Gasteiger charge is 2.46. The van der Waals surface area contributed by atoms with Crippen LogP contribution >= 0.6 is 0 Å². The van der Waals surface area contributed by atoms with Crippen molar-refractivity contribution in [1.29, 1.82) is 0 Å². The Kier molecular flexibility index (Phi) is 4.70. The zero-order valence-electron chi connectivity index (χ0n) is 12.7. The molecule has 1 fully saturated rings. The number of esters is 1. The number of aliphatic hydroxyl groups is 1. The standard InChI is InChI=1S/C16H23NO4/c1-4-8-20-17-12(5-2)14-13(18)10-16(21-15(14)19)7-6-11(3)9-16/h4,11,18H,1,5-10H2,2-3H3/b17-12-. The first-order valence-electron chi connectivity index (χ1n) is 7.47. The van der Waals surface area contributed by atoms with Crippen molar-refractivity contribution in [3.8, 4) is 0 Å². The second kappa shape index (κ2) is 6.33. The summed E-state index contributed by atoms with van der Waals surface area (Å²) in [6, 6.07) is 0. The lowest BCUT2D eigenvalue weighted by Crippen LogP contribution is -2.39. The first-order chi connectivity index (χ1) is 10.0. The molecule has 0 radical (unpaired) electrons. The lowest BCUT2D eigenvalue weighted by Gasteiger charge is -2.34. The molecule has 0 bridgehead atoms. The van der Waals surface area contributed by atoms with Gasteiger partial charge in [0.25, 0.3) is 0 Å². The van der Waals surface area contributed by atoms with E-state index in [4.69, 9.17) is 9.57 Å². The van der Waals surface area contributed by atoms with E-state index in [1.807, 2.05) is 6.92 Å². The fraction of sp³-hybridized carbons (Fsp3) is 0.625. The largest absolute Gasteiger partial charge is 0.511 e. The van der Waals surface area contributed by atoms with E-state index < -0.39 is 11.6 Å². The third-order valence-electron chi connectivity index (χ3n) is 4.10. The Morgan fingerprint density at radius 3 is 2.95 bits per heavy atom. The summed E-state index contributed by atoms with van der Waals surface area (Å²) in [5.74, 6) is 0.0983. The maximum atomic E-state index is 12.3. The van der Waals surface area contributed by atoms with Crippen molar-refractivity contribution in [2.24, 2.45) is 11.1 Å². The predicted molar refractivity (Wildman–Crippen MR) is 80.0 cm³/mol. The number of carbonyl (C=O) groups excluding carboxylic acids is 1. The maximum Gasteiger partial charge on any atom is 0.344 e. The average Bonchev–Trinajstić information content (AvgIpc) is 2.76. The zero-order chi connectivity index (χ0) is 15.5. The van der Waals surface area contributed by atoms with Crippen molar-refractivity contribution in [2.75, 3.05) is 6.61 Å². The summed E-state index contributed by atoms with van der Waals surface area (Å²) in [6.07, 6.45) is 5.06. The highest BCUT2D eigenvalue weighted by atomic mass is 16.6. The Morgan fingerprint density at radius 2 is 2.43 bits per heavy atom. The van der Waals surface area contributed by atoms with Crippen LogP contribution in [0.3, 0.4) is 0 Å². The lowest BCUT2D eigenvalue weighted by atomic mass is 9.89. The van der Waals surface area contributed by atoms with E-state index in [0.29, 0.717) is 24.5 Å². The molecule has 1 saturated carbocycles. The second-order valence-electron chi connectivity index (χ2n) is 5.89. The van der Waals surface area contributed by atoms with Crippen molar-refractivity contribution in [3.63, 3.8) is 0 Å². The Labute approximate surface area is 125 Å². The van der Waals surface area contributed by atoms with Crippen molar-refractivity contribution in [1.82, 2.24) is 0 Å². The molecule has 1 heterocycles. The molecule has 116 valence electrons. The molecule has 1 aliphatic carbocycles. The Balaban J connectivity index is 2.23. The number of ether oxygens (including phenoxy) is 1. The van der Waals surface area contributed by atoms with Gasteiger partial charge in [-0.25, -0.2) is 4.79 Å². The van der Waals surface area contributed by atoms with Crippen LogP contribution in [-0.2, 0) is 14.4 Å². The van der Waals surface area contributed by atoms with Crippen LogP contribution < -0.4 is 0 Å². The van der Waals surface area contributed by atoms with Crippen LogP contribution in [0, 0.1) is 5.92 Å². The molecule has 0 aromatic heterocycles. The number of nitrogens with zero attached hydrogens (tertiary/aromatic N) is 1. The molecule has 2 atom stereocenters. The molecule has 1 N–H and O–H groups in total. The van der Waals surface area contributed by atoms with E-state index >= 15 is 0 Å². The van der Waals surface area contributed by atoms with Gasteiger partial charge in [0, 0.05) is 6.42 Å². The van der Waals surface area contributed by atoms with E-state index in [-0.39, 0.29) is 17.9 Å². The molecule has 2 unspecified atom stereocenters. The molecule has 1 spiro atoms. The topological polar surface area (TPSA) is 68.1 Å². The molecule has 21 heavy (non-hydrogen) atoms. The molecule has 5 nitrogen and oxygen atoms in total. The minimum atomic E-state index is -0.523. The van der Waals surface area contributed by atoms with Crippen molar-refractivity contribution >= 4 is 11.7 Å². The molecule has 0 aromatic rings. The fourth-order valence-electron chi connectivity index (χ4n) is 3.14. The third-order valence-corrected chi connectivity index (χ3v) is 4.10. The maximum absolute atomic E-state index is 12.3.